The second-order valence-electron chi connectivity index (χ2n) is 10.9. The maximum Gasteiger partial charge on any atom is 0.255 e. The summed E-state index contributed by atoms with van der Waals surface area (Å²) < 4.78 is 51.2. The maximum absolute atomic E-state index is 16.4. The third-order valence-corrected chi connectivity index (χ3v) is 7.99. The molecule has 0 aliphatic carbocycles. The van der Waals surface area contributed by atoms with E-state index in [-0.39, 0.29) is 56.8 Å². The lowest BCUT2D eigenvalue weighted by atomic mass is 9.74. The van der Waals surface area contributed by atoms with E-state index in [2.05, 4.69) is 15.3 Å². The average molecular weight is 585 g/mol. The van der Waals surface area contributed by atoms with Gasteiger partial charge in [0.15, 0.2) is 5.78 Å². The summed E-state index contributed by atoms with van der Waals surface area (Å²) in [5.41, 5.74) is 0.178. The Morgan fingerprint density at radius 2 is 1.70 bits per heavy atom. The number of likely N-dealkylation sites (tertiary alicyclic amines) is 1. The van der Waals surface area contributed by atoms with Gasteiger partial charge in [0, 0.05) is 55.6 Å². The molecule has 1 fully saturated rings. The standard InChI is InChI=1S/C33H27F3N4O3/c1-18-23(13-20(14-24(18)35)25(41)15-33(16-40(3)17-33)32-38-11-4-12-39-32)22-9-10-26-27(29(22)36)28(31(42)37-2)30(43-26)19-5-7-21(34)8-6-19/h4-14H,15-17H2,1-3H3,(H,37,42). The number of hydrogen-bond acceptors (Lipinski definition) is 6. The fraction of sp³-hybridized carbons (Fsp3) is 0.212. The topological polar surface area (TPSA) is 88.3 Å². The van der Waals surface area contributed by atoms with Crippen molar-refractivity contribution in [3.05, 3.63) is 107 Å². The molecular formula is C33H27F3N4O3. The molecule has 0 bridgehead atoms. The molecule has 3 heterocycles. The minimum Gasteiger partial charge on any atom is -0.455 e. The van der Waals surface area contributed by atoms with Crippen molar-refractivity contribution < 1.29 is 27.2 Å². The molecule has 6 rings (SSSR count). The summed E-state index contributed by atoms with van der Waals surface area (Å²) >= 11 is 0. The van der Waals surface area contributed by atoms with Gasteiger partial charge in [-0.05, 0) is 79.7 Å². The quantitative estimate of drug-likeness (QED) is 0.233. The van der Waals surface area contributed by atoms with Crippen LogP contribution >= 0.6 is 0 Å². The molecule has 0 saturated carbocycles. The van der Waals surface area contributed by atoms with Crippen LogP contribution in [0.3, 0.4) is 0 Å². The molecule has 0 radical (unpaired) electrons. The van der Waals surface area contributed by atoms with Crippen LogP contribution in [0.15, 0.2) is 71.4 Å². The fourth-order valence-electron chi connectivity index (χ4n) is 5.93. The molecule has 0 atom stereocenters. The van der Waals surface area contributed by atoms with Crippen molar-refractivity contribution in [1.29, 1.82) is 0 Å². The van der Waals surface area contributed by atoms with E-state index in [4.69, 9.17) is 4.42 Å². The highest BCUT2D eigenvalue weighted by molar-refractivity contribution is 6.12. The molecule has 1 aliphatic rings. The van der Waals surface area contributed by atoms with Gasteiger partial charge in [0.05, 0.1) is 16.4 Å². The number of Topliss-reactive ketones (excluding diaryl/α,β-unsaturated/α-hetero) is 1. The summed E-state index contributed by atoms with van der Waals surface area (Å²) in [6.45, 7) is 2.63. The molecule has 1 amide bonds. The molecule has 7 nitrogen and oxygen atoms in total. The number of likely N-dealkylation sites (N-methyl/N-ethyl adjacent to an activating group) is 1. The molecule has 5 aromatic rings. The fourth-order valence-corrected chi connectivity index (χ4v) is 5.93. The summed E-state index contributed by atoms with van der Waals surface area (Å²) in [5, 5.41) is 2.40. The maximum atomic E-state index is 16.4. The number of carbonyl (C=O) groups is 2. The van der Waals surface area contributed by atoms with Crippen LogP contribution in [0.25, 0.3) is 33.4 Å². The predicted octanol–water partition coefficient (Wildman–Crippen LogP) is 6.10. The van der Waals surface area contributed by atoms with Crippen molar-refractivity contribution in [3.8, 4) is 22.5 Å². The molecule has 10 heteroatoms. The third-order valence-electron chi connectivity index (χ3n) is 7.99. The largest absolute Gasteiger partial charge is 0.455 e. The van der Waals surface area contributed by atoms with Crippen LogP contribution in [0.4, 0.5) is 13.2 Å². The zero-order chi connectivity index (χ0) is 30.5. The first-order valence-electron chi connectivity index (χ1n) is 13.6. The van der Waals surface area contributed by atoms with Crippen LogP contribution in [-0.2, 0) is 5.41 Å². The van der Waals surface area contributed by atoms with Crippen molar-refractivity contribution in [2.45, 2.75) is 18.8 Å². The van der Waals surface area contributed by atoms with Crippen LogP contribution in [-0.4, -0.2) is 53.7 Å². The highest BCUT2D eigenvalue weighted by Crippen LogP contribution is 2.41. The van der Waals surface area contributed by atoms with Gasteiger partial charge in [-0.2, -0.15) is 0 Å². The Morgan fingerprint density at radius 1 is 1.00 bits per heavy atom. The summed E-state index contributed by atoms with van der Waals surface area (Å²) in [6.07, 6.45) is 3.30. The Kier molecular flexibility index (Phi) is 7.09. The van der Waals surface area contributed by atoms with Crippen molar-refractivity contribution in [2.75, 3.05) is 27.2 Å². The Labute approximate surface area is 245 Å². The minimum absolute atomic E-state index is 0.000331. The molecule has 1 aliphatic heterocycles. The molecule has 1 saturated heterocycles. The lowest BCUT2D eigenvalue weighted by Crippen LogP contribution is -2.59. The second kappa shape index (κ2) is 10.8. The van der Waals surface area contributed by atoms with Crippen LogP contribution in [0.5, 0.6) is 0 Å². The van der Waals surface area contributed by atoms with Crippen LogP contribution < -0.4 is 5.32 Å². The van der Waals surface area contributed by atoms with Gasteiger partial charge in [0.1, 0.15) is 34.6 Å². The molecular weight excluding hydrogens is 557 g/mol. The molecule has 218 valence electrons. The number of nitrogens with one attached hydrogen (secondary N) is 1. The second-order valence-corrected chi connectivity index (χ2v) is 10.9. The van der Waals surface area contributed by atoms with E-state index in [1.807, 2.05) is 11.9 Å². The molecule has 1 N–H and O–H groups in total. The smallest absolute Gasteiger partial charge is 0.255 e. The van der Waals surface area contributed by atoms with E-state index in [0.717, 1.165) is 0 Å². The van der Waals surface area contributed by atoms with Gasteiger partial charge < -0.3 is 14.6 Å². The van der Waals surface area contributed by atoms with E-state index in [9.17, 15) is 14.0 Å². The molecule has 0 spiro atoms. The number of furan rings is 1. The predicted molar refractivity (Wildman–Crippen MR) is 155 cm³/mol. The molecule has 43 heavy (non-hydrogen) atoms. The molecule has 2 aromatic heterocycles. The van der Waals surface area contributed by atoms with Gasteiger partial charge in [0.25, 0.3) is 5.91 Å². The number of rotatable bonds is 7. The first kappa shape index (κ1) is 28.3. The number of aromatic nitrogens is 2. The lowest BCUT2D eigenvalue weighted by Gasteiger charge is -2.47. The zero-order valence-electron chi connectivity index (χ0n) is 23.7. The number of carbonyl (C=O) groups excluding carboxylic acids is 2. The van der Waals surface area contributed by atoms with Gasteiger partial charge in [-0.1, -0.05) is 0 Å². The number of halogens is 3. The van der Waals surface area contributed by atoms with Gasteiger partial charge in [-0.25, -0.2) is 23.1 Å². The van der Waals surface area contributed by atoms with Gasteiger partial charge in [-0.3, -0.25) is 9.59 Å². The SMILES string of the molecule is CNC(=O)c1c(-c2ccc(F)cc2)oc2ccc(-c3cc(C(=O)CC4(c5ncccn5)CN(C)C4)cc(F)c3C)c(F)c12. The Morgan fingerprint density at radius 3 is 2.35 bits per heavy atom. The number of ketones is 1. The van der Waals surface area contributed by atoms with E-state index in [1.54, 1.807) is 18.5 Å². The average Bonchev–Trinajstić information content (AvgIpc) is 3.39. The summed E-state index contributed by atoms with van der Waals surface area (Å²) in [6, 6.07) is 12.6. The number of hydrogen-bond donors (Lipinski definition) is 1. The van der Waals surface area contributed by atoms with Crippen molar-refractivity contribution in [2.24, 2.45) is 0 Å². The molecule has 0 unspecified atom stereocenters. The number of benzene rings is 3. The normalized spacial score (nSPS) is 14.5. The number of fused-ring (bicyclic) bond motifs is 1. The first-order valence-corrected chi connectivity index (χ1v) is 13.6. The van der Waals surface area contributed by atoms with Gasteiger partial charge >= 0.3 is 0 Å². The van der Waals surface area contributed by atoms with E-state index >= 15 is 8.78 Å². The van der Waals surface area contributed by atoms with Gasteiger partial charge in [0.2, 0.25) is 0 Å². The van der Waals surface area contributed by atoms with Gasteiger partial charge in [-0.15, -0.1) is 0 Å². The summed E-state index contributed by atoms with van der Waals surface area (Å²) in [7, 11) is 3.33. The number of amides is 1. The van der Waals surface area contributed by atoms with Crippen LogP contribution in [0, 0.1) is 24.4 Å². The van der Waals surface area contributed by atoms with Crippen LogP contribution in [0.1, 0.15) is 38.5 Å². The number of nitrogens with zero attached hydrogens (tertiary/aromatic N) is 3. The Balaban J connectivity index is 1.45. The summed E-state index contributed by atoms with van der Waals surface area (Å²) in [4.78, 5) is 37.4. The Bertz CT molecular complexity index is 1880. The summed E-state index contributed by atoms with van der Waals surface area (Å²) in [5.74, 6) is -2.28. The monoisotopic (exact) mass is 584 g/mol. The molecule has 3 aromatic carbocycles. The zero-order valence-corrected chi connectivity index (χ0v) is 23.7. The van der Waals surface area contributed by atoms with Crippen LogP contribution in [0.2, 0.25) is 0 Å². The van der Waals surface area contributed by atoms with Crippen molar-refractivity contribution >= 4 is 22.7 Å². The van der Waals surface area contributed by atoms with E-state index < -0.39 is 28.8 Å². The minimum atomic E-state index is -0.810. The first-order chi connectivity index (χ1) is 20.6. The highest BCUT2D eigenvalue weighted by Gasteiger charge is 2.46. The Hall–Kier alpha value is -4.83. The van der Waals surface area contributed by atoms with E-state index in [0.29, 0.717) is 24.5 Å². The lowest BCUT2D eigenvalue weighted by molar-refractivity contribution is 0.0639. The third kappa shape index (κ3) is 4.87. The van der Waals surface area contributed by atoms with Crippen molar-refractivity contribution in [1.82, 2.24) is 20.2 Å². The van der Waals surface area contributed by atoms with Crippen molar-refractivity contribution in [3.63, 3.8) is 0 Å². The highest BCUT2D eigenvalue weighted by atomic mass is 19.1. The van der Waals surface area contributed by atoms with E-state index in [1.165, 1.54) is 62.5 Å².